The van der Waals surface area contributed by atoms with Gasteiger partial charge in [0.05, 0.1) is 11.0 Å². The van der Waals surface area contributed by atoms with Crippen molar-refractivity contribution in [3.63, 3.8) is 0 Å². The zero-order valence-corrected chi connectivity index (χ0v) is 28.6. The third kappa shape index (κ3) is 5.53. The van der Waals surface area contributed by atoms with E-state index in [1.165, 1.54) is 33.0 Å². The van der Waals surface area contributed by atoms with Crippen LogP contribution in [0.2, 0.25) is 0 Å². The van der Waals surface area contributed by atoms with Gasteiger partial charge in [-0.1, -0.05) is 106 Å². The van der Waals surface area contributed by atoms with Crippen LogP contribution in [0.5, 0.6) is 5.75 Å². The van der Waals surface area contributed by atoms with Crippen LogP contribution in [0.25, 0.3) is 37.9 Å². The summed E-state index contributed by atoms with van der Waals surface area (Å²) in [7, 11) is 0. The number of hydrogen-bond donors (Lipinski definition) is 1. The summed E-state index contributed by atoms with van der Waals surface area (Å²) in [5.74, 6) is 0.354. The van der Waals surface area contributed by atoms with Crippen molar-refractivity contribution in [2.75, 3.05) is 0 Å². The normalized spacial score (nSPS) is 13.4. The number of fused-ring (bicyclic) bond motifs is 3. The van der Waals surface area contributed by atoms with Crippen LogP contribution in [0.4, 0.5) is 0 Å². The van der Waals surface area contributed by atoms with Crippen LogP contribution in [0, 0.1) is 12.3 Å². The Bertz CT molecular complexity index is 1720. The molecule has 2 heterocycles. The Morgan fingerprint density at radius 3 is 1.62 bits per heavy atom. The summed E-state index contributed by atoms with van der Waals surface area (Å²) in [6, 6.07) is 20.5. The average Bonchev–Trinajstić information content (AvgIpc) is 3.38. The molecule has 0 radical (unpaired) electrons. The van der Waals surface area contributed by atoms with Crippen LogP contribution in [-0.2, 0) is 16.2 Å². The van der Waals surface area contributed by atoms with Gasteiger partial charge in [0.1, 0.15) is 5.00 Å². The summed E-state index contributed by atoms with van der Waals surface area (Å²) in [6.07, 6.45) is 1.08. The van der Waals surface area contributed by atoms with Gasteiger partial charge in [-0.2, -0.15) is 0 Å². The van der Waals surface area contributed by atoms with E-state index in [-0.39, 0.29) is 21.7 Å². The highest BCUT2D eigenvalue weighted by Crippen LogP contribution is 2.47. The molecule has 0 aliphatic carbocycles. The molecule has 0 unspecified atom stereocenters. The first-order chi connectivity index (χ1) is 19.3. The van der Waals surface area contributed by atoms with E-state index in [2.05, 4.69) is 148 Å². The molecule has 5 aromatic rings. The summed E-state index contributed by atoms with van der Waals surface area (Å²) in [5.41, 5.74) is 9.75. The van der Waals surface area contributed by atoms with E-state index in [1.807, 2.05) is 0 Å². The van der Waals surface area contributed by atoms with Gasteiger partial charge in [-0.05, 0) is 87.1 Å². The first-order valence-electron chi connectivity index (χ1n) is 15.3. The van der Waals surface area contributed by atoms with Gasteiger partial charge in [-0.3, -0.25) is 4.57 Å². The molecule has 222 valence electrons. The molecular weight excluding hydrogens is 531 g/mol. The average molecular weight is 580 g/mol. The standard InChI is InChI=1S/C39H49NOS/c1-24-13-14-27(39(11,12)23-36(2,3)4)21-28(24)31-22-42-35(34(31)41)40-32-17-15-25(37(5,6)7)19-29(32)30-20-26(38(8,9)10)16-18-33(30)40/h13-22,41H,23H2,1-12H3. The third-order valence-corrected chi connectivity index (χ3v) is 9.68. The van der Waals surface area contributed by atoms with Crippen LogP contribution in [-0.4, -0.2) is 9.67 Å². The Hall–Kier alpha value is -3.04. The summed E-state index contributed by atoms with van der Waals surface area (Å²) in [4.78, 5) is 0. The highest BCUT2D eigenvalue weighted by atomic mass is 32.1. The minimum atomic E-state index is 0.0253. The van der Waals surface area contributed by atoms with Crippen molar-refractivity contribution in [2.24, 2.45) is 5.41 Å². The number of rotatable bonds is 4. The minimum absolute atomic E-state index is 0.0253. The van der Waals surface area contributed by atoms with E-state index in [1.54, 1.807) is 11.3 Å². The van der Waals surface area contributed by atoms with E-state index >= 15 is 0 Å². The van der Waals surface area contributed by atoms with Gasteiger partial charge in [0.15, 0.2) is 5.75 Å². The number of aryl methyl sites for hydroxylation is 1. The monoisotopic (exact) mass is 579 g/mol. The first kappa shape index (κ1) is 30.4. The second-order valence-corrected chi connectivity index (χ2v) is 17.1. The fourth-order valence-electron chi connectivity index (χ4n) is 6.63. The lowest BCUT2D eigenvalue weighted by atomic mass is 9.72. The van der Waals surface area contributed by atoms with Crippen LogP contribution in [0.15, 0.2) is 60.0 Å². The lowest BCUT2D eigenvalue weighted by molar-refractivity contribution is 0.284. The number of nitrogens with zero attached hydrogens (tertiary/aromatic N) is 1. The molecule has 42 heavy (non-hydrogen) atoms. The van der Waals surface area contributed by atoms with E-state index in [0.29, 0.717) is 5.75 Å². The Labute approximate surface area is 257 Å². The molecule has 2 aromatic heterocycles. The molecule has 0 fully saturated rings. The number of hydrogen-bond acceptors (Lipinski definition) is 2. The van der Waals surface area contributed by atoms with Crippen LogP contribution in [0.1, 0.15) is 105 Å². The summed E-state index contributed by atoms with van der Waals surface area (Å²) in [6.45, 7) is 27.3. The van der Waals surface area contributed by atoms with Crippen LogP contribution in [0.3, 0.4) is 0 Å². The molecule has 5 rings (SSSR count). The maximum absolute atomic E-state index is 11.9. The molecule has 2 nitrogen and oxygen atoms in total. The molecule has 0 spiro atoms. The molecule has 0 aliphatic rings. The predicted octanol–water partition coefficient (Wildman–Crippen LogP) is 11.8. The summed E-state index contributed by atoms with van der Waals surface area (Å²) < 4.78 is 2.27. The molecule has 0 saturated carbocycles. The van der Waals surface area contributed by atoms with Crippen molar-refractivity contribution in [1.82, 2.24) is 4.57 Å². The molecule has 0 atom stereocenters. The van der Waals surface area contributed by atoms with Gasteiger partial charge < -0.3 is 5.11 Å². The summed E-state index contributed by atoms with van der Waals surface area (Å²) in [5, 5.41) is 17.4. The molecular formula is C39H49NOS. The zero-order chi connectivity index (χ0) is 31.0. The van der Waals surface area contributed by atoms with Crippen LogP contribution >= 0.6 is 11.3 Å². The zero-order valence-electron chi connectivity index (χ0n) is 27.8. The SMILES string of the molecule is Cc1ccc(C(C)(C)CC(C)(C)C)cc1-c1csc(-n2c3ccc(C(C)(C)C)cc3c3cc(C(C)(C)C)ccc32)c1O. The largest absolute Gasteiger partial charge is 0.504 e. The molecule has 0 amide bonds. The predicted molar refractivity (Wildman–Crippen MR) is 185 cm³/mol. The minimum Gasteiger partial charge on any atom is -0.504 e. The van der Waals surface area contributed by atoms with Crippen molar-refractivity contribution < 1.29 is 5.11 Å². The van der Waals surface area contributed by atoms with Gasteiger partial charge in [0.25, 0.3) is 0 Å². The smallest absolute Gasteiger partial charge is 0.158 e. The quantitative estimate of drug-likeness (QED) is 0.225. The Morgan fingerprint density at radius 2 is 1.14 bits per heavy atom. The van der Waals surface area contributed by atoms with Gasteiger partial charge in [-0.25, -0.2) is 0 Å². The third-order valence-electron chi connectivity index (χ3n) is 8.73. The Balaban J connectivity index is 1.73. The molecule has 3 aromatic carbocycles. The van der Waals surface area contributed by atoms with E-state index in [4.69, 9.17) is 0 Å². The van der Waals surface area contributed by atoms with Crippen molar-refractivity contribution >= 4 is 33.1 Å². The second-order valence-electron chi connectivity index (χ2n) is 16.3. The molecule has 1 N–H and O–H groups in total. The maximum atomic E-state index is 11.9. The number of aromatic nitrogens is 1. The van der Waals surface area contributed by atoms with Crippen molar-refractivity contribution in [3.05, 3.63) is 82.2 Å². The lowest BCUT2D eigenvalue weighted by Crippen LogP contribution is -2.24. The van der Waals surface area contributed by atoms with E-state index in [9.17, 15) is 5.11 Å². The van der Waals surface area contributed by atoms with Crippen molar-refractivity contribution in [3.8, 4) is 21.9 Å². The van der Waals surface area contributed by atoms with Gasteiger partial charge >= 0.3 is 0 Å². The van der Waals surface area contributed by atoms with Gasteiger partial charge in [0, 0.05) is 21.7 Å². The fraction of sp³-hybridized carbons (Fsp3) is 0.436. The molecule has 0 aliphatic heterocycles. The maximum Gasteiger partial charge on any atom is 0.158 e. The van der Waals surface area contributed by atoms with Crippen molar-refractivity contribution in [1.29, 1.82) is 0 Å². The highest BCUT2D eigenvalue weighted by molar-refractivity contribution is 7.13. The summed E-state index contributed by atoms with van der Waals surface area (Å²) >= 11 is 1.62. The topological polar surface area (TPSA) is 25.2 Å². The number of thiophene rings is 1. The first-order valence-corrected chi connectivity index (χ1v) is 16.2. The number of benzene rings is 3. The van der Waals surface area contributed by atoms with E-state index in [0.717, 1.165) is 33.6 Å². The molecule has 0 saturated heterocycles. The Morgan fingerprint density at radius 1 is 0.643 bits per heavy atom. The second kappa shape index (κ2) is 10.0. The number of aromatic hydroxyl groups is 1. The lowest BCUT2D eigenvalue weighted by Gasteiger charge is -2.33. The van der Waals surface area contributed by atoms with Crippen molar-refractivity contribution in [2.45, 2.75) is 106 Å². The molecule has 3 heteroatoms. The van der Waals surface area contributed by atoms with Crippen LogP contribution < -0.4 is 0 Å². The van der Waals surface area contributed by atoms with E-state index < -0.39 is 0 Å². The molecule has 0 bridgehead atoms. The highest BCUT2D eigenvalue weighted by Gasteiger charge is 2.29. The van der Waals surface area contributed by atoms with Gasteiger partial charge in [-0.15, -0.1) is 11.3 Å². The Kier molecular flexibility index (Phi) is 7.25. The van der Waals surface area contributed by atoms with Gasteiger partial charge in [0.2, 0.25) is 0 Å². The fourth-order valence-corrected chi connectivity index (χ4v) is 7.62.